The number of carbonyl (C=O) groups excluding carboxylic acids is 1. The van der Waals surface area contributed by atoms with Crippen LogP contribution in [0.5, 0.6) is 0 Å². The molecule has 24 heavy (non-hydrogen) atoms. The van der Waals surface area contributed by atoms with Crippen LogP contribution in [0.1, 0.15) is 57.4 Å². The van der Waals surface area contributed by atoms with E-state index in [1.807, 2.05) is 30.0 Å². The van der Waals surface area contributed by atoms with Crippen LogP contribution in [-0.4, -0.2) is 28.9 Å². The van der Waals surface area contributed by atoms with Crippen molar-refractivity contribution in [3.05, 3.63) is 35.9 Å². The molecular weight excluding hydrogens is 318 g/mol. The van der Waals surface area contributed by atoms with Gasteiger partial charge in [-0.2, -0.15) is 0 Å². The lowest BCUT2D eigenvalue weighted by atomic mass is 9.93. The van der Waals surface area contributed by atoms with Gasteiger partial charge in [-0.1, -0.05) is 38.0 Å². The van der Waals surface area contributed by atoms with E-state index in [9.17, 15) is 9.90 Å². The summed E-state index contributed by atoms with van der Waals surface area (Å²) in [6.45, 7) is 2.22. The third-order valence-corrected chi connectivity index (χ3v) is 5.56. The SMILES string of the molecule is CCCCCSc1ccccc1/C=C/C(=O)NC1CCC(O)CC1. The standard InChI is InChI=1S/C20H29NO2S/c1-2-3-6-15-24-19-8-5-4-7-16(19)9-14-20(23)21-17-10-12-18(22)13-11-17/h4-5,7-9,14,17-18,22H,2-3,6,10-13,15H2,1H3,(H,21,23)/b14-9+. The molecule has 1 aliphatic carbocycles. The average molecular weight is 348 g/mol. The number of carbonyl (C=O) groups is 1. The van der Waals surface area contributed by atoms with E-state index in [0.717, 1.165) is 37.0 Å². The van der Waals surface area contributed by atoms with Crippen LogP contribution in [0.25, 0.3) is 6.08 Å². The molecule has 2 N–H and O–H groups in total. The van der Waals surface area contributed by atoms with Crippen molar-refractivity contribution in [1.29, 1.82) is 0 Å². The van der Waals surface area contributed by atoms with Crippen molar-refractivity contribution >= 4 is 23.7 Å². The Morgan fingerprint density at radius 2 is 2.00 bits per heavy atom. The summed E-state index contributed by atoms with van der Waals surface area (Å²) < 4.78 is 0. The van der Waals surface area contributed by atoms with Crippen LogP contribution >= 0.6 is 11.8 Å². The first kappa shape index (κ1) is 19.1. The smallest absolute Gasteiger partial charge is 0.244 e. The van der Waals surface area contributed by atoms with E-state index in [0.29, 0.717) is 0 Å². The van der Waals surface area contributed by atoms with Crippen molar-refractivity contribution in [3.63, 3.8) is 0 Å². The molecule has 1 saturated carbocycles. The van der Waals surface area contributed by atoms with Crippen molar-refractivity contribution in [2.75, 3.05) is 5.75 Å². The van der Waals surface area contributed by atoms with Gasteiger partial charge in [-0.3, -0.25) is 4.79 Å². The molecule has 132 valence electrons. The second kappa shape index (κ2) is 10.6. The predicted octanol–water partition coefficient (Wildman–Crippen LogP) is 4.40. The topological polar surface area (TPSA) is 49.3 Å². The Bertz CT molecular complexity index is 536. The minimum atomic E-state index is -0.190. The lowest BCUT2D eigenvalue weighted by molar-refractivity contribution is -0.117. The lowest BCUT2D eigenvalue weighted by Crippen LogP contribution is -2.37. The first-order chi connectivity index (χ1) is 11.7. The van der Waals surface area contributed by atoms with Gasteiger partial charge in [0.25, 0.3) is 0 Å². The minimum absolute atomic E-state index is 0.0397. The number of nitrogens with one attached hydrogen (secondary N) is 1. The van der Waals surface area contributed by atoms with Gasteiger partial charge in [-0.05, 0) is 55.6 Å². The Kier molecular flexibility index (Phi) is 8.40. The van der Waals surface area contributed by atoms with Crippen LogP contribution in [-0.2, 0) is 4.79 Å². The number of hydrogen-bond donors (Lipinski definition) is 2. The Balaban J connectivity index is 1.85. The maximum atomic E-state index is 12.1. The molecule has 3 nitrogen and oxygen atoms in total. The van der Waals surface area contributed by atoms with Gasteiger partial charge in [0.2, 0.25) is 5.91 Å². The zero-order chi connectivity index (χ0) is 17.2. The molecule has 0 aliphatic heterocycles. The number of aliphatic hydroxyl groups is 1. The predicted molar refractivity (Wildman–Crippen MR) is 102 cm³/mol. The second-order valence-electron chi connectivity index (χ2n) is 6.44. The van der Waals surface area contributed by atoms with Crippen LogP contribution in [0.2, 0.25) is 0 Å². The summed E-state index contributed by atoms with van der Waals surface area (Å²) >= 11 is 1.86. The highest BCUT2D eigenvalue weighted by Gasteiger charge is 2.19. The molecule has 0 spiro atoms. The molecule has 1 aromatic rings. The highest BCUT2D eigenvalue weighted by Crippen LogP contribution is 2.25. The molecule has 1 amide bonds. The fourth-order valence-electron chi connectivity index (χ4n) is 2.92. The number of thioether (sulfide) groups is 1. The van der Waals surface area contributed by atoms with E-state index < -0.39 is 0 Å². The van der Waals surface area contributed by atoms with Gasteiger partial charge < -0.3 is 10.4 Å². The van der Waals surface area contributed by atoms with Crippen molar-refractivity contribution < 1.29 is 9.90 Å². The van der Waals surface area contributed by atoms with Crippen LogP contribution in [0.4, 0.5) is 0 Å². The normalized spacial score (nSPS) is 21.1. The number of benzene rings is 1. The van der Waals surface area contributed by atoms with Crippen LogP contribution < -0.4 is 5.32 Å². The molecular formula is C20H29NO2S. The average Bonchev–Trinajstić information content (AvgIpc) is 2.60. The number of aliphatic hydroxyl groups excluding tert-OH is 1. The van der Waals surface area contributed by atoms with Gasteiger partial charge in [0.15, 0.2) is 0 Å². The lowest BCUT2D eigenvalue weighted by Gasteiger charge is -2.25. The van der Waals surface area contributed by atoms with E-state index in [4.69, 9.17) is 0 Å². The summed E-state index contributed by atoms with van der Waals surface area (Å²) in [5.74, 6) is 1.08. The number of rotatable bonds is 8. The summed E-state index contributed by atoms with van der Waals surface area (Å²) in [5, 5.41) is 12.6. The van der Waals surface area contributed by atoms with Crippen molar-refractivity contribution in [1.82, 2.24) is 5.32 Å². The van der Waals surface area contributed by atoms with Crippen molar-refractivity contribution in [2.45, 2.75) is 68.9 Å². The fraction of sp³-hybridized carbons (Fsp3) is 0.550. The summed E-state index contributed by atoms with van der Waals surface area (Å²) in [5.41, 5.74) is 1.10. The van der Waals surface area contributed by atoms with Gasteiger partial charge in [0.1, 0.15) is 0 Å². The minimum Gasteiger partial charge on any atom is -0.393 e. The van der Waals surface area contributed by atoms with Crippen LogP contribution in [0.15, 0.2) is 35.2 Å². The van der Waals surface area contributed by atoms with Crippen molar-refractivity contribution in [2.24, 2.45) is 0 Å². The molecule has 4 heteroatoms. The first-order valence-electron chi connectivity index (χ1n) is 9.07. The Hall–Kier alpha value is -1.26. The van der Waals surface area contributed by atoms with Gasteiger partial charge in [-0.25, -0.2) is 0 Å². The summed E-state index contributed by atoms with van der Waals surface area (Å²) in [6.07, 6.45) is 10.4. The van der Waals surface area contributed by atoms with E-state index in [2.05, 4.69) is 24.4 Å². The Morgan fingerprint density at radius 1 is 1.25 bits per heavy atom. The number of unbranched alkanes of at least 4 members (excludes halogenated alkanes) is 2. The second-order valence-corrected chi connectivity index (χ2v) is 7.58. The maximum Gasteiger partial charge on any atom is 0.244 e. The highest BCUT2D eigenvalue weighted by molar-refractivity contribution is 7.99. The zero-order valence-electron chi connectivity index (χ0n) is 14.5. The van der Waals surface area contributed by atoms with E-state index in [1.54, 1.807) is 6.08 Å². The monoisotopic (exact) mass is 347 g/mol. The van der Waals surface area contributed by atoms with E-state index in [-0.39, 0.29) is 18.1 Å². The third-order valence-electron chi connectivity index (χ3n) is 4.38. The van der Waals surface area contributed by atoms with Gasteiger partial charge in [0.05, 0.1) is 6.10 Å². The molecule has 0 aromatic heterocycles. The van der Waals surface area contributed by atoms with Crippen molar-refractivity contribution in [3.8, 4) is 0 Å². The number of hydrogen-bond acceptors (Lipinski definition) is 3. The summed E-state index contributed by atoms with van der Waals surface area (Å²) in [4.78, 5) is 13.3. The molecule has 0 radical (unpaired) electrons. The third kappa shape index (κ3) is 6.70. The first-order valence-corrected chi connectivity index (χ1v) is 10.1. The fourth-order valence-corrected chi connectivity index (χ4v) is 3.96. The zero-order valence-corrected chi connectivity index (χ0v) is 15.4. The largest absolute Gasteiger partial charge is 0.393 e. The molecule has 1 aromatic carbocycles. The molecule has 0 bridgehead atoms. The van der Waals surface area contributed by atoms with Crippen LogP contribution in [0, 0.1) is 0 Å². The molecule has 1 fully saturated rings. The molecule has 0 saturated heterocycles. The van der Waals surface area contributed by atoms with Gasteiger partial charge in [-0.15, -0.1) is 11.8 Å². The molecule has 2 rings (SSSR count). The summed E-state index contributed by atoms with van der Waals surface area (Å²) in [7, 11) is 0. The van der Waals surface area contributed by atoms with E-state index in [1.165, 1.54) is 24.2 Å². The molecule has 1 aliphatic rings. The highest BCUT2D eigenvalue weighted by atomic mass is 32.2. The molecule has 0 atom stereocenters. The Labute approximate surface area is 149 Å². The van der Waals surface area contributed by atoms with E-state index >= 15 is 0 Å². The quantitative estimate of drug-likeness (QED) is 0.416. The Morgan fingerprint density at radius 3 is 2.75 bits per heavy atom. The molecule has 0 heterocycles. The van der Waals surface area contributed by atoms with Gasteiger partial charge in [0, 0.05) is 17.0 Å². The number of amides is 1. The maximum absolute atomic E-state index is 12.1. The van der Waals surface area contributed by atoms with Crippen LogP contribution in [0.3, 0.4) is 0 Å². The van der Waals surface area contributed by atoms with Gasteiger partial charge >= 0.3 is 0 Å². The molecule has 0 unspecified atom stereocenters. The summed E-state index contributed by atoms with van der Waals surface area (Å²) in [6, 6.07) is 8.44.